The summed E-state index contributed by atoms with van der Waals surface area (Å²) in [6.07, 6.45) is -0.102. The lowest BCUT2D eigenvalue weighted by molar-refractivity contribution is 0.134. The van der Waals surface area contributed by atoms with Crippen LogP contribution in [0.25, 0.3) is 0 Å². The largest absolute Gasteiger partial charge is 0.388 e. The molecular weight excluding hydrogens is 365 g/mol. The molecule has 26 heavy (non-hydrogen) atoms. The number of aliphatic hydroxyl groups excluding tert-OH is 1. The van der Waals surface area contributed by atoms with Gasteiger partial charge in [0.25, 0.3) is 0 Å². The van der Waals surface area contributed by atoms with E-state index in [-0.39, 0.29) is 0 Å². The monoisotopic (exact) mass is 383 g/mol. The Hall–Kier alpha value is -1.84. The molecule has 0 bridgehead atoms. The van der Waals surface area contributed by atoms with E-state index in [9.17, 15) is 5.11 Å². The van der Waals surface area contributed by atoms with Crippen molar-refractivity contribution in [3.63, 3.8) is 0 Å². The Bertz CT molecular complexity index is 908. The maximum Gasteiger partial charge on any atom is 0.0814 e. The van der Waals surface area contributed by atoms with E-state index in [0.717, 1.165) is 17.7 Å². The van der Waals surface area contributed by atoms with Crippen molar-refractivity contribution in [1.29, 1.82) is 0 Å². The lowest BCUT2D eigenvalue weighted by Gasteiger charge is -2.34. The number of hydrogen-bond donors (Lipinski definition) is 2. The van der Waals surface area contributed by atoms with Crippen molar-refractivity contribution in [1.82, 2.24) is 5.32 Å². The molecule has 1 aliphatic heterocycles. The SMILES string of the molecule is O[C@@H](C[C@]1(c2ccc(Cl)cc2)NCc2ccccc21)c1ccc(Cl)cc1. The van der Waals surface area contributed by atoms with E-state index in [0.29, 0.717) is 16.5 Å². The molecule has 0 spiro atoms. The molecule has 0 unspecified atom stereocenters. The standard InChI is InChI=1S/C22H19Cl2NO/c23-18-9-5-15(6-10-18)21(26)13-22(17-7-11-19(24)12-8-17)20-4-2-1-3-16(20)14-25-22/h1-12,21,25-26H,13-14H2/t21-,22+/m0/s1. The molecule has 0 saturated carbocycles. The molecule has 0 fully saturated rings. The molecule has 0 saturated heterocycles. The van der Waals surface area contributed by atoms with Crippen LogP contribution in [0.3, 0.4) is 0 Å². The second kappa shape index (κ2) is 7.05. The summed E-state index contributed by atoms with van der Waals surface area (Å²) < 4.78 is 0. The molecule has 132 valence electrons. The van der Waals surface area contributed by atoms with Crippen molar-refractivity contribution >= 4 is 23.2 Å². The van der Waals surface area contributed by atoms with Crippen molar-refractivity contribution in [3.8, 4) is 0 Å². The van der Waals surface area contributed by atoms with Crippen LogP contribution in [0.2, 0.25) is 10.0 Å². The van der Waals surface area contributed by atoms with Gasteiger partial charge >= 0.3 is 0 Å². The average molecular weight is 384 g/mol. The molecule has 2 atom stereocenters. The predicted octanol–water partition coefficient (Wildman–Crippen LogP) is 5.46. The zero-order valence-electron chi connectivity index (χ0n) is 14.1. The van der Waals surface area contributed by atoms with Crippen molar-refractivity contribution in [2.45, 2.75) is 24.6 Å². The van der Waals surface area contributed by atoms with Gasteiger partial charge in [-0.1, -0.05) is 71.7 Å². The van der Waals surface area contributed by atoms with E-state index >= 15 is 0 Å². The summed E-state index contributed by atoms with van der Waals surface area (Å²) in [6, 6.07) is 23.6. The third kappa shape index (κ3) is 3.15. The third-order valence-corrected chi connectivity index (χ3v) is 5.65. The third-order valence-electron chi connectivity index (χ3n) is 5.15. The van der Waals surface area contributed by atoms with Crippen molar-refractivity contribution in [3.05, 3.63) is 105 Å². The van der Waals surface area contributed by atoms with Crippen molar-refractivity contribution in [2.75, 3.05) is 0 Å². The number of halogens is 2. The van der Waals surface area contributed by atoms with E-state index in [1.807, 2.05) is 60.7 Å². The molecule has 0 amide bonds. The summed E-state index contributed by atoms with van der Waals surface area (Å²) in [4.78, 5) is 0. The first-order chi connectivity index (χ1) is 12.6. The smallest absolute Gasteiger partial charge is 0.0814 e. The van der Waals surface area contributed by atoms with Crippen LogP contribution in [0.4, 0.5) is 0 Å². The molecule has 0 radical (unpaired) electrons. The average Bonchev–Trinajstić information content (AvgIpc) is 3.02. The Labute approximate surface area is 163 Å². The van der Waals surface area contributed by atoms with Crippen LogP contribution in [0, 0.1) is 0 Å². The number of hydrogen-bond acceptors (Lipinski definition) is 2. The summed E-state index contributed by atoms with van der Waals surface area (Å²) in [5.41, 5.74) is 3.95. The Kier molecular flexibility index (Phi) is 4.76. The molecule has 0 aromatic heterocycles. The van der Waals surface area contributed by atoms with Crippen molar-refractivity contribution < 1.29 is 5.11 Å². The molecular formula is C22H19Cl2NO. The fourth-order valence-electron chi connectivity index (χ4n) is 3.82. The zero-order chi connectivity index (χ0) is 18.1. The topological polar surface area (TPSA) is 32.3 Å². The van der Waals surface area contributed by atoms with Crippen molar-refractivity contribution in [2.24, 2.45) is 0 Å². The highest BCUT2D eigenvalue weighted by Gasteiger charge is 2.41. The Morgan fingerprint density at radius 1 is 0.885 bits per heavy atom. The van der Waals surface area contributed by atoms with Crippen LogP contribution in [-0.2, 0) is 12.1 Å². The first kappa shape index (κ1) is 17.6. The van der Waals surface area contributed by atoms with Crippen LogP contribution < -0.4 is 5.32 Å². The van der Waals surface area contributed by atoms with Gasteiger partial charge in [-0.05, 0) is 46.5 Å². The van der Waals surface area contributed by atoms with E-state index in [1.165, 1.54) is 11.1 Å². The minimum absolute atomic E-state index is 0.458. The molecule has 4 rings (SSSR count). The Morgan fingerprint density at radius 3 is 2.19 bits per heavy atom. The second-order valence-corrected chi connectivity index (χ2v) is 7.57. The maximum atomic E-state index is 11.0. The Morgan fingerprint density at radius 2 is 1.50 bits per heavy atom. The molecule has 4 heteroatoms. The minimum atomic E-state index is -0.624. The van der Waals surface area contributed by atoms with E-state index in [2.05, 4.69) is 17.4 Å². The number of benzene rings is 3. The molecule has 3 aromatic carbocycles. The minimum Gasteiger partial charge on any atom is -0.388 e. The van der Waals surface area contributed by atoms with Gasteiger partial charge in [-0.15, -0.1) is 0 Å². The van der Waals surface area contributed by atoms with Gasteiger partial charge in [-0.3, -0.25) is 5.32 Å². The first-order valence-corrected chi connectivity index (χ1v) is 9.37. The van der Waals surface area contributed by atoms with Crippen LogP contribution in [0.5, 0.6) is 0 Å². The molecule has 2 N–H and O–H groups in total. The van der Waals surface area contributed by atoms with Gasteiger partial charge in [-0.25, -0.2) is 0 Å². The van der Waals surface area contributed by atoms with Crippen LogP contribution >= 0.6 is 23.2 Å². The normalized spacial score (nSPS) is 20.0. The summed E-state index contributed by atoms with van der Waals surface area (Å²) in [5.74, 6) is 0. The molecule has 1 aliphatic rings. The van der Waals surface area contributed by atoms with Gasteiger partial charge in [-0.2, -0.15) is 0 Å². The summed E-state index contributed by atoms with van der Waals surface area (Å²) in [6.45, 7) is 0.770. The molecule has 2 nitrogen and oxygen atoms in total. The quantitative estimate of drug-likeness (QED) is 0.626. The highest BCUT2D eigenvalue weighted by Crippen LogP contribution is 2.43. The molecule has 0 aliphatic carbocycles. The van der Waals surface area contributed by atoms with E-state index in [1.54, 1.807) is 0 Å². The fraction of sp³-hybridized carbons (Fsp3) is 0.182. The van der Waals surface area contributed by atoms with Gasteiger partial charge in [0.1, 0.15) is 0 Å². The fourth-order valence-corrected chi connectivity index (χ4v) is 4.07. The van der Waals surface area contributed by atoms with Crippen LogP contribution in [0.1, 0.15) is 34.8 Å². The number of rotatable bonds is 4. The van der Waals surface area contributed by atoms with E-state index < -0.39 is 11.6 Å². The number of fused-ring (bicyclic) bond motifs is 1. The summed E-state index contributed by atoms with van der Waals surface area (Å²) in [5, 5.41) is 16.0. The Balaban J connectivity index is 1.77. The summed E-state index contributed by atoms with van der Waals surface area (Å²) >= 11 is 12.1. The van der Waals surface area contributed by atoms with E-state index in [4.69, 9.17) is 23.2 Å². The van der Waals surface area contributed by atoms with Gasteiger partial charge in [0, 0.05) is 23.0 Å². The number of nitrogens with one attached hydrogen (secondary N) is 1. The lowest BCUT2D eigenvalue weighted by Crippen LogP contribution is -2.39. The van der Waals surface area contributed by atoms with Gasteiger partial charge in [0.2, 0.25) is 0 Å². The lowest BCUT2D eigenvalue weighted by atomic mass is 9.78. The van der Waals surface area contributed by atoms with Crippen LogP contribution in [0.15, 0.2) is 72.8 Å². The van der Waals surface area contributed by atoms with Gasteiger partial charge in [0.15, 0.2) is 0 Å². The second-order valence-electron chi connectivity index (χ2n) is 6.69. The highest BCUT2D eigenvalue weighted by molar-refractivity contribution is 6.30. The highest BCUT2D eigenvalue weighted by atomic mass is 35.5. The molecule has 3 aromatic rings. The first-order valence-electron chi connectivity index (χ1n) is 8.61. The van der Waals surface area contributed by atoms with Crippen LogP contribution in [-0.4, -0.2) is 5.11 Å². The number of aliphatic hydroxyl groups is 1. The molecule has 1 heterocycles. The predicted molar refractivity (Wildman–Crippen MR) is 107 cm³/mol. The zero-order valence-corrected chi connectivity index (χ0v) is 15.6. The summed E-state index contributed by atoms with van der Waals surface area (Å²) in [7, 11) is 0. The van der Waals surface area contributed by atoms with Gasteiger partial charge in [0.05, 0.1) is 11.6 Å². The maximum absolute atomic E-state index is 11.0. The van der Waals surface area contributed by atoms with Gasteiger partial charge < -0.3 is 5.11 Å².